The highest BCUT2D eigenvalue weighted by atomic mass is 35.5. The first kappa shape index (κ1) is 13.0. The lowest BCUT2D eigenvalue weighted by Crippen LogP contribution is -2.25. The molecule has 1 N–H and O–H groups in total. The number of aryl methyl sites for hydroxylation is 2. The van der Waals surface area contributed by atoms with Crippen molar-refractivity contribution in [3.8, 4) is 6.07 Å². The summed E-state index contributed by atoms with van der Waals surface area (Å²) in [5, 5.41) is 16.8. The van der Waals surface area contributed by atoms with E-state index in [-0.39, 0.29) is 6.04 Å². The van der Waals surface area contributed by atoms with Crippen molar-refractivity contribution in [2.45, 2.75) is 39.3 Å². The minimum Gasteiger partial charge on any atom is -0.309 e. The Labute approximate surface area is 101 Å². The number of nitrogens with one attached hydrogen (secondary N) is 1. The van der Waals surface area contributed by atoms with Crippen LogP contribution >= 0.6 is 11.6 Å². The molecule has 16 heavy (non-hydrogen) atoms. The quantitative estimate of drug-likeness (QED) is 0.857. The highest BCUT2D eigenvalue weighted by Crippen LogP contribution is 2.19. The molecular weight excluding hydrogens is 224 g/mol. The van der Waals surface area contributed by atoms with E-state index < -0.39 is 0 Å². The van der Waals surface area contributed by atoms with Gasteiger partial charge in [0, 0.05) is 25.2 Å². The van der Waals surface area contributed by atoms with Crippen molar-refractivity contribution in [1.29, 1.82) is 5.26 Å². The van der Waals surface area contributed by atoms with Crippen LogP contribution < -0.4 is 5.32 Å². The minimum absolute atomic E-state index is 0.172. The van der Waals surface area contributed by atoms with Gasteiger partial charge in [-0.05, 0) is 13.3 Å². The van der Waals surface area contributed by atoms with Crippen LogP contribution in [0, 0.1) is 11.3 Å². The zero-order valence-electron chi connectivity index (χ0n) is 9.92. The van der Waals surface area contributed by atoms with E-state index in [9.17, 15) is 0 Å². The van der Waals surface area contributed by atoms with Crippen LogP contribution in [-0.2, 0) is 20.0 Å². The fourth-order valence-electron chi connectivity index (χ4n) is 1.54. The summed E-state index contributed by atoms with van der Waals surface area (Å²) in [4.78, 5) is 0. The summed E-state index contributed by atoms with van der Waals surface area (Å²) >= 11 is 6.15. The van der Waals surface area contributed by atoms with Crippen molar-refractivity contribution in [1.82, 2.24) is 15.1 Å². The molecule has 0 spiro atoms. The van der Waals surface area contributed by atoms with Gasteiger partial charge in [0.25, 0.3) is 0 Å². The van der Waals surface area contributed by atoms with Crippen molar-refractivity contribution in [3.05, 3.63) is 16.4 Å². The highest BCUT2D eigenvalue weighted by molar-refractivity contribution is 6.30. The second-order valence-corrected chi connectivity index (χ2v) is 4.20. The Balaban J connectivity index is 2.70. The standard InChI is InChI=1S/C11H17ClN4/c1-4-10-9(11(12)16(3)15-10)7-14-8(2)5-6-13/h8,14H,4-5,7H2,1-3H3. The molecule has 1 aromatic rings. The first-order valence-electron chi connectivity index (χ1n) is 5.40. The predicted molar refractivity (Wildman–Crippen MR) is 64.1 cm³/mol. The summed E-state index contributed by atoms with van der Waals surface area (Å²) < 4.78 is 1.69. The number of rotatable bonds is 5. The Kier molecular flexibility index (Phi) is 4.78. The molecule has 0 saturated carbocycles. The van der Waals surface area contributed by atoms with Crippen LogP contribution in [-0.4, -0.2) is 15.8 Å². The van der Waals surface area contributed by atoms with E-state index in [1.165, 1.54) is 0 Å². The van der Waals surface area contributed by atoms with Crippen LogP contribution in [0.15, 0.2) is 0 Å². The topological polar surface area (TPSA) is 53.6 Å². The number of nitriles is 1. The van der Waals surface area contributed by atoms with E-state index in [2.05, 4.69) is 23.4 Å². The van der Waals surface area contributed by atoms with Crippen molar-refractivity contribution in [3.63, 3.8) is 0 Å². The minimum atomic E-state index is 0.172. The van der Waals surface area contributed by atoms with Gasteiger partial charge in [0.2, 0.25) is 0 Å². The fraction of sp³-hybridized carbons (Fsp3) is 0.636. The van der Waals surface area contributed by atoms with Crippen molar-refractivity contribution < 1.29 is 0 Å². The molecule has 0 aliphatic rings. The molecule has 1 unspecified atom stereocenters. The maximum absolute atomic E-state index is 8.56. The molecule has 0 aliphatic carbocycles. The molecule has 0 aromatic carbocycles. The smallest absolute Gasteiger partial charge is 0.131 e. The molecule has 0 fully saturated rings. The zero-order chi connectivity index (χ0) is 12.1. The normalized spacial score (nSPS) is 12.4. The molecule has 1 rings (SSSR count). The summed E-state index contributed by atoms with van der Waals surface area (Å²) in [7, 11) is 1.84. The molecule has 0 saturated heterocycles. The Hall–Kier alpha value is -1.05. The van der Waals surface area contributed by atoms with Crippen LogP contribution in [0.3, 0.4) is 0 Å². The lowest BCUT2D eigenvalue weighted by atomic mass is 10.2. The number of hydrogen-bond donors (Lipinski definition) is 1. The maximum Gasteiger partial charge on any atom is 0.131 e. The van der Waals surface area contributed by atoms with Crippen LogP contribution in [0.25, 0.3) is 0 Å². The summed E-state index contributed by atoms with van der Waals surface area (Å²) in [6, 6.07) is 2.31. The van der Waals surface area contributed by atoms with Gasteiger partial charge in [0.15, 0.2) is 0 Å². The molecule has 1 atom stereocenters. The van der Waals surface area contributed by atoms with Gasteiger partial charge in [-0.3, -0.25) is 4.68 Å². The number of hydrogen-bond acceptors (Lipinski definition) is 3. The van der Waals surface area contributed by atoms with Gasteiger partial charge in [0.1, 0.15) is 5.15 Å². The average Bonchev–Trinajstić information content (AvgIpc) is 2.53. The van der Waals surface area contributed by atoms with Gasteiger partial charge in [-0.1, -0.05) is 18.5 Å². The molecule has 88 valence electrons. The Morgan fingerprint density at radius 2 is 2.31 bits per heavy atom. The van der Waals surface area contributed by atoms with Gasteiger partial charge >= 0.3 is 0 Å². The lowest BCUT2D eigenvalue weighted by molar-refractivity contribution is 0.555. The van der Waals surface area contributed by atoms with Gasteiger partial charge in [-0.15, -0.1) is 0 Å². The van der Waals surface area contributed by atoms with Crippen LogP contribution in [0.5, 0.6) is 0 Å². The molecule has 0 aliphatic heterocycles. The van der Waals surface area contributed by atoms with E-state index >= 15 is 0 Å². The van der Waals surface area contributed by atoms with Crippen molar-refractivity contribution >= 4 is 11.6 Å². The SMILES string of the molecule is CCc1nn(C)c(Cl)c1CNC(C)CC#N. The van der Waals surface area contributed by atoms with Gasteiger partial charge in [-0.25, -0.2) is 0 Å². The maximum atomic E-state index is 8.56. The number of halogens is 1. The Morgan fingerprint density at radius 3 is 2.88 bits per heavy atom. The van der Waals surface area contributed by atoms with E-state index in [4.69, 9.17) is 16.9 Å². The number of nitrogens with zero attached hydrogens (tertiary/aromatic N) is 3. The Bertz CT molecular complexity index is 391. The van der Waals surface area contributed by atoms with Crippen LogP contribution in [0.2, 0.25) is 5.15 Å². The van der Waals surface area contributed by atoms with Gasteiger partial charge in [-0.2, -0.15) is 10.4 Å². The summed E-state index contributed by atoms with van der Waals surface area (Å²) in [5.41, 5.74) is 2.06. The first-order chi connectivity index (χ1) is 7.60. The third-order valence-corrected chi connectivity index (χ3v) is 2.98. The molecule has 4 nitrogen and oxygen atoms in total. The highest BCUT2D eigenvalue weighted by Gasteiger charge is 2.13. The predicted octanol–water partition coefficient (Wildman–Crippen LogP) is 2.03. The average molecular weight is 241 g/mol. The molecule has 1 aromatic heterocycles. The summed E-state index contributed by atoms with van der Waals surface area (Å²) in [6.45, 7) is 4.71. The second-order valence-electron chi connectivity index (χ2n) is 3.84. The molecule has 1 heterocycles. The van der Waals surface area contributed by atoms with Crippen molar-refractivity contribution in [2.75, 3.05) is 0 Å². The third-order valence-electron chi connectivity index (χ3n) is 2.51. The van der Waals surface area contributed by atoms with Crippen molar-refractivity contribution in [2.24, 2.45) is 7.05 Å². The van der Waals surface area contributed by atoms with Gasteiger partial charge < -0.3 is 5.32 Å². The largest absolute Gasteiger partial charge is 0.309 e. The molecule has 0 radical (unpaired) electrons. The Morgan fingerprint density at radius 1 is 1.62 bits per heavy atom. The monoisotopic (exact) mass is 240 g/mol. The molecule has 0 bridgehead atoms. The summed E-state index contributed by atoms with van der Waals surface area (Å²) in [5.74, 6) is 0. The molecule has 0 amide bonds. The van der Waals surface area contributed by atoms with E-state index in [0.29, 0.717) is 18.1 Å². The lowest BCUT2D eigenvalue weighted by Gasteiger charge is -2.10. The second kappa shape index (κ2) is 5.88. The summed E-state index contributed by atoms with van der Waals surface area (Å²) in [6.07, 6.45) is 1.36. The first-order valence-corrected chi connectivity index (χ1v) is 5.78. The van der Waals surface area contributed by atoms with E-state index in [1.807, 2.05) is 14.0 Å². The number of aromatic nitrogens is 2. The fourth-order valence-corrected chi connectivity index (χ4v) is 1.76. The van der Waals surface area contributed by atoms with Crippen LogP contribution in [0.1, 0.15) is 31.5 Å². The molecule has 5 heteroatoms. The molecular formula is C11H17ClN4. The third kappa shape index (κ3) is 2.97. The van der Waals surface area contributed by atoms with Gasteiger partial charge in [0.05, 0.1) is 18.2 Å². The zero-order valence-corrected chi connectivity index (χ0v) is 10.7. The van der Waals surface area contributed by atoms with E-state index in [0.717, 1.165) is 17.7 Å². The van der Waals surface area contributed by atoms with Crippen LogP contribution in [0.4, 0.5) is 0 Å². The van der Waals surface area contributed by atoms with E-state index in [1.54, 1.807) is 4.68 Å².